The number of rotatable bonds is 3. The Bertz CT molecular complexity index is 977. The number of aromatic nitrogens is 3. The van der Waals surface area contributed by atoms with E-state index in [0.29, 0.717) is 16.7 Å². The number of nitrogens with one attached hydrogen (secondary N) is 3. The van der Waals surface area contributed by atoms with E-state index < -0.39 is 10.0 Å². The molecular weight excluding hydrogens is 316 g/mol. The molecule has 0 radical (unpaired) electrons. The second-order valence-corrected chi connectivity index (χ2v) is 6.25. The average Bonchev–Trinajstić information content (AvgIpc) is 2.78. The number of pyridine rings is 1. The highest BCUT2D eigenvalue weighted by Crippen LogP contribution is 2.22. The zero-order valence-corrected chi connectivity index (χ0v) is 12.0. The summed E-state index contributed by atoms with van der Waals surface area (Å²) >= 11 is 5.79. The van der Waals surface area contributed by atoms with Crippen molar-refractivity contribution in [3.8, 4) is 0 Å². The Morgan fingerprint density at radius 2 is 1.90 bits per heavy atom. The maximum atomic E-state index is 12.2. The fourth-order valence-corrected chi connectivity index (χ4v) is 3.38. The van der Waals surface area contributed by atoms with Crippen molar-refractivity contribution in [1.29, 1.82) is 0 Å². The Balaban J connectivity index is 2.01. The van der Waals surface area contributed by atoms with Crippen LogP contribution >= 0.6 is 11.6 Å². The number of hydrogen-bond acceptors (Lipinski definition) is 4. The molecule has 3 aromatic rings. The summed E-state index contributed by atoms with van der Waals surface area (Å²) in [6.07, 6.45) is 1.40. The monoisotopic (exact) mass is 324 g/mol. The number of fused-ring (bicyclic) bond motifs is 1. The van der Waals surface area contributed by atoms with Gasteiger partial charge in [-0.2, -0.15) is 0 Å². The van der Waals surface area contributed by atoms with Gasteiger partial charge in [0.05, 0.1) is 16.7 Å². The summed E-state index contributed by atoms with van der Waals surface area (Å²) in [6.45, 7) is 0. The number of halogens is 1. The zero-order chi connectivity index (χ0) is 15.0. The summed E-state index contributed by atoms with van der Waals surface area (Å²) < 4.78 is 26.9. The van der Waals surface area contributed by atoms with E-state index in [1.807, 2.05) is 0 Å². The summed E-state index contributed by atoms with van der Waals surface area (Å²) in [5, 5.41) is -0.110. The van der Waals surface area contributed by atoms with Crippen LogP contribution in [0.4, 0.5) is 5.69 Å². The van der Waals surface area contributed by atoms with Crippen molar-refractivity contribution < 1.29 is 8.42 Å². The van der Waals surface area contributed by atoms with Crippen LogP contribution in [0.2, 0.25) is 5.15 Å². The first-order chi connectivity index (χ1) is 9.95. The van der Waals surface area contributed by atoms with Crippen LogP contribution in [0, 0.1) is 0 Å². The normalized spacial score (nSPS) is 11.7. The van der Waals surface area contributed by atoms with Crippen molar-refractivity contribution >= 4 is 38.3 Å². The number of sulfonamides is 1. The molecule has 0 aliphatic rings. The highest BCUT2D eigenvalue weighted by molar-refractivity contribution is 7.92. The molecule has 3 rings (SSSR count). The molecule has 0 saturated carbocycles. The van der Waals surface area contributed by atoms with Gasteiger partial charge in [-0.05, 0) is 30.3 Å². The standard InChI is InChI=1S/C12H9ClN4O3S/c13-11-10(2-1-5-14-11)21(19,20)17-7-3-4-8-9(6-7)16-12(18)15-8/h1-6,17H,(H2,15,16,18). The maximum Gasteiger partial charge on any atom is 0.323 e. The van der Waals surface area contributed by atoms with Crippen molar-refractivity contribution in [3.05, 3.63) is 52.2 Å². The van der Waals surface area contributed by atoms with Gasteiger partial charge in [-0.15, -0.1) is 0 Å². The zero-order valence-electron chi connectivity index (χ0n) is 10.4. The predicted molar refractivity (Wildman–Crippen MR) is 79.0 cm³/mol. The summed E-state index contributed by atoms with van der Waals surface area (Å²) in [5.41, 5.74) is 1.03. The minimum absolute atomic E-state index is 0.110. The van der Waals surface area contributed by atoms with Crippen LogP contribution < -0.4 is 10.4 Å². The van der Waals surface area contributed by atoms with E-state index in [2.05, 4.69) is 19.7 Å². The minimum Gasteiger partial charge on any atom is -0.306 e. The van der Waals surface area contributed by atoms with E-state index in [-0.39, 0.29) is 15.7 Å². The Morgan fingerprint density at radius 3 is 2.67 bits per heavy atom. The Kier molecular flexibility index (Phi) is 3.19. The molecule has 0 spiro atoms. The fourth-order valence-electron chi connectivity index (χ4n) is 1.88. The van der Waals surface area contributed by atoms with Gasteiger partial charge in [-0.1, -0.05) is 11.6 Å². The second kappa shape index (κ2) is 4.90. The molecular formula is C12H9ClN4O3S. The molecule has 21 heavy (non-hydrogen) atoms. The highest BCUT2D eigenvalue weighted by Gasteiger charge is 2.18. The van der Waals surface area contributed by atoms with E-state index in [1.165, 1.54) is 30.5 Å². The first-order valence-corrected chi connectivity index (χ1v) is 7.67. The van der Waals surface area contributed by atoms with E-state index in [4.69, 9.17) is 11.6 Å². The number of nitrogens with zero attached hydrogens (tertiary/aromatic N) is 1. The lowest BCUT2D eigenvalue weighted by atomic mass is 10.3. The minimum atomic E-state index is -3.85. The second-order valence-electron chi connectivity index (χ2n) is 4.24. The van der Waals surface area contributed by atoms with Gasteiger partial charge in [0.15, 0.2) is 0 Å². The van der Waals surface area contributed by atoms with Gasteiger partial charge in [0.2, 0.25) is 0 Å². The quantitative estimate of drug-likeness (QED) is 0.637. The van der Waals surface area contributed by atoms with Gasteiger partial charge in [0.1, 0.15) is 10.0 Å². The van der Waals surface area contributed by atoms with Gasteiger partial charge in [0.25, 0.3) is 10.0 Å². The molecule has 0 aliphatic heterocycles. The Morgan fingerprint density at radius 1 is 1.14 bits per heavy atom. The van der Waals surface area contributed by atoms with E-state index in [0.717, 1.165) is 0 Å². The molecule has 0 amide bonds. The van der Waals surface area contributed by atoms with Crippen LogP contribution in [0.15, 0.2) is 46.2 Å². The van der Waals surface area contributed by atoms with E-state index in [1.54, 1.807) is 6.07 Å². The van der Waals surface area contributed by atoms with Gasteiger partial charge in [0, 0.05) is 6.20 Å². The first-order valence-electron chi connectivity index (χ1n) is 5.81. The van der Waals surface area contributed by atoms with Crippen LogP contribution in [0.3, 0.4) is 0 Å². The molecule has 1 aromatic carbocycles. The van der Waals surface area contributed by atoms with Crippen molar-refractivity contribution in [2.45, 2.75) is 4.90 Å². The molecule has 9 heteroatoms. The van der Waals surface area contributed by atoms with Crippen molar-refractivity contribution in [2.24, 2.45) is 0 Å². The summed E-state index contributed by atoms with van der Waals surface area (Å²) in [4.78, 5) is 19.9. The average molecular weight is 325 g/mol. The number of hydrogen-bond donors (Lipinski definition) is 3. The Labute approximate surface area is 124 Å². The van der Waals surface area contributed by atoms with E-state index in [9.17, 15) is 13.2 Å². The van der Waals surface area contributed by atoms with Crippen LogP contribution in [0.1, 0.15) is 0 Å². The van der Waals surface area contributed by atoms with Gasteiger partial charge in [-0.25, -0.2) is 18.2 Å². The number of benzene rings is 1. The van der Waals surface area contributed by atoms with Gasteiger partial charge >= 0.3 is 5.69 Å². The highest BCUT2D eigenvalue weighted by atomic mass is 35.5. The molecule has 0 unspecified atom stereocenters. The lowest BCUT2D eigenvalue weighted by Crippen LogP contribution is -2.13. The third-order valence-corrected chi connectivity index (χ3v) is 4.61. The largest absolute Gasteiger partial charge is 0.323 e. The van der Waals surface area contributed by atoms with Crippen LogP contribution in [-0.2, 0) is 10.0 Å². The van der Waals surface area contributed by atoms with Crippen molar-refractivity contribution in [3.63, 3.8) is 0 Å². The molecule has 108 valence electrons. The molecule has 0 saturated heterocycles. The Hall–Kier alpha value is -2.32. The van der Waals surface area contributed by atoms with Gasteiger partial charge in [-0.3, -0.25) is 4.72 Å². The predicted octanol–water partition coefficient (Wildman–Crippen LogP) is 1.71. The van der Waals surface area contributed by atoms with Gasteiger partial charge < -0.3 is 9.97 Å². The molecule has 2 aromatic heterocycles. The van der Waals surface area contributed by atoms with E-state index >= 15 is 0 Å². The van der Waals surface area contributed by atoms with Crippen molar-refractivity contribution in [2.75, 3.05) is 4.72 Å². The topological polar surface area (TPSA) is 108 Å². The summed E-state index contributed by atoms with van der Waals surface area (Å²) in [5.74, 6) is 0. The molecule has 0 aliphatic carbocycles. The summed E-state index contributed by atoms with van der Waals surface area (Å²) in [6, 6.07) is 7.47. The molecule has 2 heterocycles. The third-order valence-electron chi connectivity index (χ3n) is 2.78. The van der Waals surface area contributed by atoms with Crippen molar-refractivity contribution in [1.82, 2.24) is 15.0 Å². The molecule has 0 fully saturated rings. The number of aromatic amines is 2. The molecule has 3 N–H and O–H groups in total. The SMILES string of the molecule is O=c1[nH]c2ccc(NS(=O)(=O)c3cccnc3Cl)cc2[nH]1. The first kappa shape index (κ1) is 13.7. The number of imidazole rings is 1. The lowest BCUT2D eigenvalue weighted by molar-refractivity contribution is 0.601. The fraction of sp³-hybridized carbons (Fsp3) is 0. The molecule has 7 nitrogen and oxygen atoms in total. The molecule has 0 atom stereocenters. The van der Waals surface area contributed by atoms with Crippen LogP contribution in [-0.4, -0.2) is 23.4 Å². The number of H-pyrrole nitrogens is 2. The maximum absolute atomic E-state index is 12.2. The van der Waals surface area contributed by atoms with Crippen LogP contribution in [0.25, 0.3) is 11.0 Å². The third kappa shape index (κ3) is 2.63. The van der Waals surface area contributed by atoms with Crippen LogP contribution in [0.5, 0.6) is 0 Å². The molecule has 0 bridgehead atoms. The summed E-state index contributed by atoms with van der Waals surface area (Å²) in [7, 11) is -3.85. The number of anilines is 1. The smallest absolute Gasteiger partial charge is 0.306 e. The lowest BCUT2D eigenvalue weighted by Gasteiger charge is -2.08.